The first-order chi connectivity index (χ1) is 8.94. The van der Waals surface area contributed by atoms with Crippen LogP contribution in [0.25, 0.3) is 0 Å². The van der Waals surface area contributed by atoms with Gasteiger partial charge in [-0.25, -0.2) is 0 Å². The Balaban J connectivity index is 3.77. The molecule has 2 atom stereocenters. The maximum absolute atomic E-state index is 11.6. The van der Waals surface area contributed by atoms with Gasteiger partial charge in [-0.15, -0.1) is 0 Å². The largest absolute Gasteiger partial charge is 0.465 e. The number of ether oxygens (including phenoxy) is 2. The third-order valence-electron chi connectivity index (χ3n) is 3.10. The average molecular weight is 273 g/mol. The lowest BCUT2D eigenvalue weighted by Crippen LogP contribution is -2.48. The number of carbonyl (C=O) groups is 1. The van der Waals surface area contributed by atoms with Crippen molar-refractivity contribution in [3.8, 4) is 0 Å². The summed E-state index contributed by atoms with van der Waals surface area (Å²) in [6, 6.07) is 0. The Morgan fingerprint density at radius 1 is 1.21 bits per heavy atom. The molecule has 0 aliphatic heterocycles. The molecule has 0 aromatic heterocycles. The summed E-state index contributed by atoms with van der Waals surface area (Å²) in [5.41, 5.74) is 5.00. The summed E-state index contributed by atoms with van der Waals surface area (Å²) in [7, 11) is 0. The zero-order chi connectivity index (χ0) is 14.7. The van der Waals surface area contributed by atoms with Gasteiger partial charge in [0.15, 0.2) is 0 Å². The highest BCUT2D eigenvalue weighted by molar-refractivity contribution is 5.80. The van der Waals surface area contributed by atoms with Gasteiger partial charge in [-0.3, -0.25) is 4.79 Å². The second-order valence-electron chi connectivity index (χ2n) is 5.44. The number of carbonyl (C=O) groups excluding carboxylic acids is 1. The molecule has 0 radical (unpaired) electrons. The molecule has 0 aromatic rings. The number of unbranched alkanes of at least 4 members (excludes halogenated alkanes) is 4. The molecule has 0 heterocycles. The summed E-state index contributed by atoms with van der Waals surface area (Å²) in [5, 5.41) is 0. The molecule has 2 unspecified atom stereocenters. The van der Waals surface area contributed by atoms with Gasteiger partial charge in [-0.05, 0) is 27.2 Å². The Morgan fingerprint density at radius 2 is 1.84 bits per heavy atom. The molecule has 0 saturated heterocycles. The van der Waals surface area contributed by atoms with Crippen LogP contribution >= 0.6 is 0 Å². The van der Waals surface area contributed by atoms with Crippen LogP contribution in [0, 0.1) is 0 Å². The number of nitrogens with two attached hydrogens (primary N) is 1. The van der Waals surface area contributed by atoms with E-state index in [1.807, 2.05) is 6.92 Å². The molecule has 0 amide bonds. The highest BCUT2D eigenvalue weighted by Crippen LogP contribution is 2.14. The van der Waals surface area contributed by atoms with Crippen LogP contribution in [0.5, 0.6) is 0 Å². The number of esters is 1. The lowest BCUT2D eigenvalue weighted by Gasteiger charge is -2.25. The van der Waals surface area contributed by atoms with Crippen LogP contribution in [0.15, 0.2) is 0 Å². The fourth-order valence-electron chi connectivity index (χ4n) is 2.03. The van der Waals surface area contributed by atoms with Crippen molar-refractivity contribution < 1.29 is 14.3 Å². The van der Waals surface area contributed by atoms with Crippen molar-refractivity contribution in [2.24, 2.45) is 5.73 Å². The van der Waals surface area contributed by atoms with Crippen LogP contribution in [0.2, 0.25) is 0 Å². The fraction of sp³-hybridized carbons (Fsp3) is 0.933. The second kappa shape index (κ2) is 10.2. The van der Waals surface area contributed by atoms with E-state index in [1.54, 1.807) is 13.8 Å². The van der Waals surface area contributed by atoms with Crippen molar-refractivity contribution in [2.45, 2.75) is 77.9 Å². The molecule has 0 aliphatic rings. The Morgan fingerprint density at radius 3 is 2.42 bits per heavy atom. The minimum atomic E-state index is -0.961. The van der Waals surface area contributed by atoms with Gasteiger partial charge in [0.05, 0.1) is 12.7 Å². The summed E-state index contributed by atoms with van der Waals surface area (Å²) in [6.07, 6.45) is 6.56. The predicted molar refractivity (Wildman–Crippen MR) is 78.0 cm³/mol. The minimum Gasteiger partial charge on any atom is -0.465 e. The van der Waals surface area contributed by atoms with Crippen molar-refractivity contribution >= 4 is 5.97 Å². The molecule has 19 heavy (non-hydrogen) atoms. The van der Waals surface area contributed by atoms with Gasteiger partial charge in [0.2, 0.25) is 0 Å². The van der Waals surface area contributed by atoms with Crippen LogP contribution in [-0.2, 0) is 14.3 Å². The van der Waals surface area contributed by atoms with Gasteiger partial charge in [-0.2, -0.15) is 0 Å². The first-order valence-corrected chi connectivity index (χ1v) is 7.51. The van der Waals surface area contributed by atoms with Crippen LogP contribution in [-0.4, -0.2) is 30.8 Å². The van der Waals surface area contributed by atoms with Gasteiger partial charge < -0.3 is 15.2 Å². The standard InChI is InChI=1S/C15H31NO3/c1-5-7-8-9-10-11-19-13(3)12-15(4,16)14(17)18-6-2/h13H,5-12,16H2,1-4H3. The van der Waals surface area contributed by atoms with Crippen molar-refractivity contribution in [2.75, 3.05) is 13.2 Å². The molecule has 0 aromatic carbocycles. The SMILES string of the molecule is CCCCCCCOC(C)CC(C)(N)C(=O)OCC. The smallest absolute Gasteiger partial charge is 0.325 e. The summed E-state index contributed by atoms with van der Waals surface area (Å²) in [4.78, 5) is 11.6. The lowest BCUT2D eigenvalue weighted by atomic mass is 9.96. The monoisotopic (exact) mass is 273 g/mol. The lowest BCUT2D eigenvalue weighted by molar-refractivity contribution is -0.150. The Hall–Kier alpha value is -0.610. The highest BCUT2D eigenvalue weighted by atomic mass is 16.5. The topological polar surface area (TPSA) is 61.5 Å². The Bertz CT molecular complexity index is 242. The van der Waals surface area contributed by atoms with E-state index in [-0.39, 0.29) is 12.1 Å². The number of hydrogen-bond acceptors (Lipinski definition) is 4. The van der Waals surface area contributed by atoms with E-state index in [0.29, 0.717) is 13.0 Å². The molecule has 0 aliphatic carbocycles. The third kappa shape index (κ3) is 9.00. The third-order valence-corrected chi connectivity index (χ3v) is 3.10. The van der Waals surface area contributed by atoms with Crippen molar-refractivity contribution in [3.63, 3.8) is 0 Å². The van der Waals surface area contributed by atoms with Gasteiger partial charge in [0, 0.05) is 13.0 Å². The second-order valence-corrected chi connectivity index (χ2v) is 5.44. The predicted octanol–water partition coefficient (Wildman–Crippen LogP) is 3.03. The van der Waals surface area contributed by atoms with Crippen molar-refractivity contribution in [1.29, 1.82) is 0 Å². The maximum atomic E-state index is 11.6. The van der Waals surface area contributed by atoms with Gasteiger partial charge in [0.25, 0.3) is 0 Å². The van der Waals surface area contributed by atoms with Gasteiger partial charge in [-0.1, -0.05) is 32.6 Å². The van der Waals surface area contributed by atoms with Crippen LogP contribution < -0.4 is 5.73 Å². The van der Waals surface area contributed by atoms with E-state index in [2.05, 4.69) is 6.92 Å². The summed E-state index contributed by atoms with van der Waals surface area (Å²) >= 11 is 0. The number of rotatable bonds is 11. The molecule has 0 rings (SSSR count). The number of hydrogen-bond donors (Lipinski definition) is 1. The maximum Gasteiger partial charge on any atom is 0.325 e. The Kier molecular flexibility index (Phi) is 9.88. The van der Waals surface area contributed by atoms with E-state index in [4.69, 9.17) is 15.2 Å². The molecular formula is C15H31NO3. The molecular weight excluding hydrogens is 242 g/mol. The molecule has 4 heteroatoms. The molecule has 0 saturated carbocycles. The first kappa shape index (κ1) is 18.4. The van der Waals surface area contributed by atoms with E-state index in [0.717, 1.165) is 13.0 Å². The first-order valence-electron chi connectivity index (χ1n) is 7.51. The molecule has 0 fully saturated rings. The minimum absolute atomic E-state index is 0.0226. The van der Waals surface area contributed by atoms with Gasteiger partial charge in [0.1, 0.15) is 5.54 Å². The Labute approximate surface area is 118 Å². The fourth-order valence-corrected chi connectivity index (χ4v) is 2.03. The zero-order valence-corrected chi connectivity index (χ0v) is 13.0. The summed E-state index contributed by atoms with van der Waals surface area (Å²) < 4.78 is 10.7. The van der Waals surface area contributed by atoms with Crippen LogP contribution in [0.1, 0.15) is 66.2 Å². The van der Waals surface area contributed by atoms with Crippen molar-refractivity contribution in [3.05, 3.63) is 0 Å². The van der Waals surface area contributed by atoms with Gasteiger partial charge >= 0.3 is 5.97 Å². The summed E-state index contributed by atoms with van der Waals surface area (Å²) in [5.74, 6) is -0.353. The molecule has 114 valence electrons. The van der Waals surface area contributed by atoms with Crippen molar-refractivity contribution in [1.82, 2.24) is 0 Å². The molecule has 0 bridgehead atoms. The van der Waals surface area contributed by atoms with E-state index < -0.39 is 5.54 Å². The van der Waals surface area contributed by atoms with Crippen LogP contribution in [0.4, 0.5) is 0 Å². The summed E-state index contributed by atoms with van der Waals surface area (Å²) in [6.45, 7) is 8.74. The van der Waals surface area contributed by atoms with E-state index in [1.165, 1.54) is 25.7 Å². The molecule has 4 nitrogen and oxygen atoms in total. The quantitative estimate of drug-likeness (QED) is 0.464. The van der Waals surface area contributed by atoms with E-state index >= 15 is 0 Å². The average Bonchev–Trinajstić information content (AvgIpc) is 2.33. The normalized spacial score (nSPS) is 15.8. The van der Waals surface area contributed by atoms with E-state index in [9.17, 15) is 4.79 Å². The highest BCUT2D eigenvalue weighted by Gasteiger charge is 2.31. The molecule has 2 N–H and O–H groups in total. The molecule has 0 spiro atoms. The zero-order valence-electron chi connectivity index (χ0n) is 13.0. The van der Waals surface area contributed by atoms with Crippen LogP contribution in [0.3, 0.4) is 0 Å².